The summed E-state index contributed by atoms with van der Waals surface area (Å²) in [4.78, 5) is 51.5. The van der Waals surface area contributed by atoms with Gasteiger partial charge in [0.2, 0.25) is 5.91 Å². The fourth-order valence-corrected chi connectivity index (χ4v) is 6.20. The number of carbonyl (C=O) groups is 3. The van der Waals surface area contributed by atoms with E-state index in [4.69, 9.17) is 0 Å². The highest BCUT2D eigenvalue weighted by Crippen LogP contribution is 2.41. The number of pyridine rings is 1. The largest absolute Gasteiger partial charge is 0.342 e. The maximum absolute atomic E-state index is 13.9. The molecule has 0 spiro atoms. The van der Waals surface area contributed by atoms with E-state index < -0.39 is 11.6 Å². The number of aromatic nitrogens is 2. The van der Waals surface area contributed by atoms with Crippen molar-refractivity contribution >= 4 is 40.5 Å². The zero-order chi connectivity index (χ0) is 23.7. The Morgan fingerprint density at radius 2 is 2.06 bits per heavy atom. The van der Waals surface area contributed by atoms with E-state index in [1.165, 1.54) is 27.6 Å². The topological polar surface area (TPSA) is 95.5 Å². The molecule has 0 aromatic carbocycles. The third-order valence-electron chi connectivity index (χ3n) is 6.63. The lowest BCUT2D eigenvalue weighted by molar-refractivity contribution is -0.136. The van der Waals surface area contributed by atoms with E-state index in [0.717, 1.165) is 16.3 Å². The molecule has 34 heavy (non-hydrogen) atoms. The molecule has 1 N–H and O–H groups in total. The number of likely N-dealkylation sites (tertiary alicyclic amines) is 1. The molecule has 2 saturated heterocycles. The Morgan fingerprint density at radius 3 is 2.71 bits per heavy atom. The Morgan fingerprint density at radius 1 is 1.24 bits per heavy atom. The predicted molar refractivity (Wildman–Crippen MR) is 129 cm³/mol. The Bertz CT molecular complexity index is 1190. The maximum Gasteiger partial charge on any atom is 0.325 e. The van der Waals surface area contributed by atoms with E-state index in [-0.39, 0.29) is 30.7 Å². The van der Waals surface area contributed by atoms with Crippen molar-refractivity contribution in [2.75, 3.05) is 13.1 Å². The number of piperidine rings is 1. The minimum Gasteiger partial charge on any atom is -0.342 e. The summed E-state index contributed by atoms with van der Waals surface area (Å²) in [6.07, 6.45) is 4.81. The summed E-state index contributed by atoms with van der Waals surface area (Å²) >= 11 is 3.07. The van der Waals surface area contributed by atoms with Crippen LogP contribution in [-0.4, -0.2) is 50.7 Å². The van der Waals surface area contributed by atoms with Crippen LogP contribution in [0.1, 0.15) is 34.7 Å². The Balaban J connectivity index is 1.36. The fraction of sp³-hybridized carbons (Fsp3) is 0.375. The number of imide groups is 1. The Hall–Kier alpha value is -3.11. The molecule has 5 rings (SSSR count). The van der Waals surface area contributed by atoms with Gasteiger partial charge < -0.3 is 10.2 Å². The molecular weight excluding hydrogens is 470 g/mol. The van der Waals surface area contributed by atoms with Crippen LogP contribution < -0.4 is 5.32 Å². The summed E-state index contributed by atoms with van der Waals surface area (Å²) in [5, 5.41) is 9.79. The van der Waals surface area contributed by atoms with Gasteiger partial charge in [0.25, 0.3) is 5.91 Å². The second-order valence-electron chi connectivity index (χ2n) is 8.69. The van der Waals surface area contributed by atoms with E-state index in [1.807, 2.05) is 40.1 Å². The van der Waals surface area contributed by atoms with Crippen LogP contribution >= 0.6 is 22.7 Å². The zero-order valence-corrected chi connectivity index (χ0v) is 20.4. The maximum atomic E-state index is 13.9. The number of thiophene rings is 1. The molecule has 0 unspecified atom stereocenters. The lowest BCUT2D eigenvalue weighted by atomic mass is 9.73. The van der Waals surface area contributed by atoms with E-state index >= 15 is 0 Å². The number of rotatable bonds is 6. The van der Waals surface area contributed by atoms with E-state index in [1.54, 1.807) is 18.5 Å². The monoisotopic (exact) mass is 495 g/mol. The highest BCUT2D eigenvalue weighted by atomic mass is 32.1. The molecule has 0 saturated carbocycles. The standard InChI is InChI=1S/C24H25N5O3S2/c1-16-26-20(15-34-16)11-21(30)28-8-4-18(5-9-28)24(19-3-2-7-25-12-19)22(31)29(23(32)27-24)13-17-6-10-33-14-17/h2-3,6-7,10,12,14-15,18H,4-5,8-9,11,13H2,1H3,(H,27,32)/t24-/m0/s1. The van der Waals surface area contributed by atoms with Crippen LogP contribution in [0.5, 0.6) is 0 Å². The molecule has 3 aromatic heterocycles. The van der Waals surface area contributed by atoms with Crippen molar-refractivity contribution in [2.24, 2.45) is 5.92 Å². The van der Waals surface area contributed by atoms with Gasteiger partial charge >= 0.3 is 6.03 Å². The van der Waals surface area contributed by atoms with E-state index in [0.29, 0.717) is 31.5 Å². The molecule has 2 fully saturated rings. The van der Waals surface area contributed by atoms with Crippen LogP contribution in [0.4, 0.5) is 4.79 Å². The van der Waals surface area contributed by atoms with Crippen molar-refractivity contribution in [1.82, 2.24) is 25.1 Å². The molecule has 2 aliphatic rings. The molecule has 3 aromatic rings. The second kappa shape index (κ2) is 9.27. The molecule has 5 heterocycles. The molecule has 8 nitrogen and oxygen atoms in total. The molecule has 4 amide bonds. The van der Waals surface area contributed by atoms with Gasteiger partial charge in [-0.2, -0.15) is 11.3 Å². The number of carbonyl (C=O) groups excluding carboxylic acids is 3. The summed E-state index contributed by atoms with van der Waals surface area (Å²) in [5.74, 6) is -0.356. The summed E-state index contributed by atoms with van der Waals surface area (Å²) in [5.41, 5.74) is 1.23. The second-order valence-corrected chi connectivity index (χ2v) is 10.5. The fourth-order valence-electron chi connectivity index (χ4n) is 4.93. The molecule has 0 bridgehead atoms. The number of urea groups is 1. The van der Waals surface area contributed by atoms with Crippen molar-refractivity contribution in [1.29, 1.82) is 0 Å². The van der Waals surface area contributed by atoms with Gasteiger partial charge in [-0.15, -0.1) is 11.3 Å². The number of nitrogens with one attached hydrogen (secondary N) is 1. The lowest BCUT2D eigenvalue weighted by Gasteiger charge is -2.41. The SMILES string of the molecule is Cc1nc(CC(=O)N2CCC([C@@]3(c4cccnc4)NC(=O)N(Cc4ccsc4)C3=O)CC2)cs1. The predicted octanol–water partition coefficient (Wildman–Crippen LogP) is 3.34. The highest BCUT2D eigenvalue weighted by molar-refractivity contribution is 7.09. The number of nitrogens with zero attached hydrogens (tertiary/aromatic N) is 4. The van der Waals surface area contributed by atoms with Crippen molar-refractivity contribution < 1.29 is 14.4 Å². The van der Waals surface area contributed by atoms with Gasteiger partial charge in [-0.1, -0.05) is 6.07 Å². The number of hydrogen-bond donors (Lipinski definition) is 1. The van der Waals surface area contributed by atoms with Gasteiger partial charge in [0.05, 0.1) is 23.7 Å². The zero-order valence-electron chi connectivity index (χ0n) is 18.8. The van der Waals surface area contributed by atoms with Gasteiger partial charge in [0.1, 0.15) is 0 Å². The summed E-state index contributed by atoms with van der Waals surface area (Å²) in [6, 6.07) is 5.16. The van der Waals surface area contributed by atoms with Gasteiger partial charge in [-0.3, -0.25) is 19.5 Å². The molecule has 0 radical (unpaired) electrons. The molecule has 10 heteroatoms. The summed E-state index contributed by atoms with van der Waals surface area (Å²) in [6.45, 7) is 3.22. The van der Waals surface area contributed by atoms with Crippen molar-refractivity contribution in [3.05, 3.63) is 68.6 Å². The minimum atomic E-state index is -1.18. The number of amides is 4. The third kappa shape index (κ3) is 4.12. The molecule has 1 atom stereocenters. The van der Waals surface area contributed by atoms with Gasteiger partial charge in [0, 0.05) is 36.4 Å². The highest BCUT2D eigenvalue weighted by Gasteiger charge is 2.57. The first-order valence-corrected chi connectivity index (χ1v) is 13.0. The van der Waals surface area contributed by atoms with Crippen LogP contribution in [0.25, 0.3) is 0 Å². The van der Waals surface area contributed by atoms with E-state index in [2.05, 4.69) is 15.3 Å². The number of aryl methyl sites for hydroxylation is 1. The van der Waals surface area contributed by atoms with Crippen molar-refractivity contribution in [3.8, 4) is 0 Å². The van der Waals surface area contributed by atoms with Crippen molar-refractivity contribution in [2.45, 2.75) is 38.3 Å². The minimum absolute atomic E-state index is 0.0417. The van der Waals surface area contributed by atoms with Gasteiger partial charge in [0.15, 0.2) is 5.54 Å². The van der Waals surface area contributed by atoms with Gasteiger partial charge in [-0.25, -0.2) is 9.78 Å². The third-order valence-corrected chi connectivity index (χ3v) is 8.18. The normalized spacial score (nSPS) is 21.2. The quantitative estimate of drug-likeness (QED) is 0.529. The van der Waals surface area contributed by atoms with Crippen LogP contribution in [0.2, 0.25) is 0 Å². The Kier molecular flexibility index (Phi) is 6.18. The summed E-state index contributed by atoms with van der Waals surface area (Å²) in [7, 11) is 0. The number of hydrogen-bond acceptors (Lipinski definition) is 7. The molecular formula is C24H25N5O3S2. The average molecular weight is 496 g/mol. The average Bonchev–Trinajstić information content (AvgIpc) is 3.57. The van der Waals surface area contributed by atoms with Crippen molar-refractivity contribution in [3.63, 3.8) is 0 Å². The smallest absolute Gasteiger partial charge is 0.325 e. The Labute approximate surface area is 205 Å². The van der Waals surface area contributed by atoms with Gasteiger partial charge in [-0.05, 0) is 54.1 Å². The van der Waals surface area contributed by atoms with Crippen LogP contribution in [-0.2, 0) is 28.1 Å². The van der Waals surface area contributed by atoms with E-state index in [9.17, 15) is 14.4 Å². The molecule has 0 aliphatic carbocycles. The lowest BCUT2D eigenvalue weighted by Crippen LogP contribution is -2.54. The first-order chi connectivity index (χ1) is 16.5. The molecule has 176 valence electrons. The number of thiazole rings is 1. The first kappa shape index (κ1) is 22.7. The molecule has 2 aliphatic heterocycles. The van der Waals surface area contributed by atoms with Crippen LogP contribution in [0.3, 0.4) is 0 Å². The first-order valence-electron chi connectivity index (χ1n) is 11.2. The summed E-state index contributed by atoms with van der Waals surface area (Å²) < 4.78 is 0. The van der Waals surface area contributed by atoms with Crippen LogP contribution in [0, 0.1) is 12.8 Å². The van der Waals surface area contributed by atoms with Crippen LogP contribution in [0.15, 0.2) is 46.7 Å².